The molecule has 2 saturated heterocycles. The molecule has 0 aliphatic carbocycles. The minimum Gasteiger partial charge on any atom is -0.506 e. The number of hydrogen-bond acceptors (Lipinski definition) is 4. The highest BCUT2D eigenvalue weighted by molar-refractivity contribution is 5.93. The van der Waals surface area contributed by atoms with Crippen molar-refractivity contribution in [2.75, 3.05) is 24.6 Å². The number of nitrogens with zero attached hydrogens (tertiary/aromatic N) is 1. The molecule has 0 unspecified atom stereocenters. The molecule has 0 saturated carbocycles. The van der Waals surface area contributed by atoms with Crippen LogP contribution in [-0.4, -0.2) is 36.4 Å². The molecule has 1 aromatic carbocycles. The molecule has 2 aliphatic rings. The number of ether oxygens (including phenoxy) is 1. The average Bonchev–Trinajstić information content (AvgIpc) is 2.69. The van der Waals surface area contributed by atoms with Crippen LogP contribution in [0.15, 0.2) is 24.3 Å². The summed E-state index contributed by atoms with van der Waals surface area (Å²) in [5, 5.41) is 13.2. The predicted molar refractivity (Wildman–Crippen MR) is 66.8 cm³/mol. The number of amides is 1. The minimum atomic E-state index is -0.363. The number of aromatic hydroxyl groups is 1. The van der Waals surface area contributed by atoms with Crippen LogP contribution in [0.4, 0.5) is 10.5 Å². The first-order valence-electron chi connectivity index (χ1n) is 6.19. The second-order valence-corrected chi connectivity index (χ2v) is 4.85. The van der Waals surface area contributed by atoms with Crippen molar-refractivity contribution in [3.05, 3.63) is 24.3 Å². The largest absolute Gasteiger partial charge is 0.506 e. The monoisotopic (exact) mass is 248 g/mol. The number of cyclic esters (lactones) is 1. The third kappa shape index (κ3) is 1.62. The van der Waals surface area contributed by atoms with Gasteiger partial charge in [0, 0.05) is 0 Å². The van der Waals surface area contributed by atoms with Crippen molar-refractivity contribution < 1.29 is 14.6 Å². The van der Waals surface area contributed by atoms with Crippen LogP contribution in [0.3, 0.4) is 0 Å². The first-order chi connectivity index (χ1) is 8.73. The summed E-state index contributed by atoms with van der Waals surface area (Å²) < 4.78 is 5.22. The maximum Gasteiger partial charge on any atom is 0.415 e. The molecule has 2 heterocycles. The molecule has 2 aliphatic heterocycles. The molecule has 96 valence electrons. The summed E-state index contributed by atoms with van der Waals surface area (Å²) in [5.41, 5.74) is 0.239. The van der Waals surface area contributed by atoms with E-state index in [-0.39, 0.29) is 17.4 Å². The molecule has 1 spiro atoms. The molecule has 3 rings (SSSR count). The number of para-hydroxylation sites is 2. The Kier molecular flexibility index (Phi) is 2.63. The Morgan fingerprint density at radius 1 is 1.28 bits per heavy atom. The summed E-state index contributed by atoms with van der Waals surface area (Å²) in [5.74, 6) is 0.120. The van der Waals surface area contributed by atoms with Crippen molar-refractivity contribution in [1.29, 1.82) is 0 Å². The van der Waals surface area contributed by atoms with E-state index in [0.717, 1.165) is 25.9 Å². The van der Waals surface area contributed by atoms with Crippen molar-refractivity contribution in [2.45, 2.75) is 18.4 Å². The Hall–Kier alpha value is -1.75. The molecular weight excluding hydrogens is 232 g/mol. The fourth-order valence-corrected chi connectivity index (χ4v) is 2.79. The number of carbonyl (C=O) groups is 1. The smallest absolute Gasteiger partial charge is 0.415 e. The highest BCUT2D eigenvalue weighted by Crippen LogP contribution is 2.40. The maximum atomic E-state index is 12.0. The Bertz CT molecular complexity index is 469. The first-order valence-corrected chi connectivity index (χ1v) is 6.19. The highest BCUT2D eigenvalue weighted by atomic mass is 16.6. The zero-order chi connectivity index (χ0) is 12.6. The van der Waals surface area contributed by atoms with Crippen LogP contribution in [0.5, 0.6) is 5.75 Å². The van der Waals surface area contributed by atoms with Crippen LogP contribution in [-0.2, 0) is 4.74 Å². The fourth-order valence-electron chi connectivity index (χ4n) is 2.79. The number of benzene rings is 1. The van der Waals surface area contributed by atoms with E-state index in [1.807, 2.05) is 6.07 Å². The zero-order valence-corrected chi connectivity index (χ0v) is 10.1. The summed E-state index contributed by atoms with van der Waals surface area (Å²) in [4.78, 5) is 13.6. The lowest BCUT2D eigenvalue weighted by Crippen LogP contribution is -2.53. The molecule has 0 atom stereocenters. The predicted octanol–water partition coefficient (Wildman–Crippen LogP) is 1.47. The van der Waals surface area contributed by atoms with Crippen molar-refractivity contribution in [2.24, 2.45) is 0 Å². The first kappa shape index (κ1) is 11.3. The van der Waals surface area contributed by atoms with Crippen molar-refractivity contribution in [3.8, 4) is 5.75 Å². The zero-order valence-electron chi connectivity index (χ0n) is 10.1. The van der Waals surface area contributed by atoms with Gasteiger partial charge in [0.2, 0.25) is 0 Å². The Morgan fingerprint density at radius 2 is 2.00 bits per heavy atom. The molecule has 2 N–H and O–H groups in total. The van der Waals surface area contributed by atoms with Gasteiger partial charge in [-0.1, -0.05) is 12.1 Å². The molecule has 0 radical (unpaired) electrons. The van der Waals surface area contributed by atoms with Gasteiger partial charge in [-0.25, -0.2) is 4.79 Å². The van der Waals surface area contributed by atoms with Gasteiger partial charge in [0.25, 0.3) is 0 Å². The van der Waals surface area contributed by atoms with Crippen LogP contribution < -0.4 is 10.2 Å². The lowest BCUT2D eigenvalue weighted by atomic mass is 9.87. The number of phenols is 1. The molecule has 1 aromatic rings. The number of anilines is 1. The van der Waals surface area contributed by atoms with Crippen LogP contribution >= 0.6 is 0 Å². The lowest BCUT2D eigenvalue weighted by Gasteiger charge is -2.38. The Morgan fingerprint density at radius 3 is 2.72 bits per heavy atom. The van der Waals surface area contributed by atoms with Gasteiger partial charge in [-0.3, -0.25) is 4.90 Å². The maximum absolute atomic E-state index is 12.0. The quantitative estimate of drug-likeness (QED) is 0.790. The Balaban J connectivity index is 2.02. The number of phenolic OH excluding ortho intramolecular Hbond substituents is 1. The summed E-state index contributed by atoms with van der Waals surface area (Å²) in [6.45, 7) is 2.13. The van der Waals surface area contributed by atoms with Gasteiger partial charge in [0.1, 0.15) is 12.4 Å². The van der Waals surface area contributed by atoms with Gasteiger partial charge in [-0.05, 0) is 38.1 Å². The molecule has 0 aromatic heterocycles. The summed E-state index contributed by atoms with van der Waals surface area (Å²) in [6.07, 6.45) is 1.32. The molecule has 2 fully saturated rings. The van der Waals surface area contributed by atoms with E-state index in [1.54, 1.807) is 23.1 Å². The topological polar surface area (TPSA) is 61.8 Å². The van der Waals surface area contributed by atoms with Gasteiger partial charge in [0.05, 0.1) is 11.2 Å². The molecular formula is C13H16N2O3. The molecule has 0 bridgehead atoms. The van der Waals surface area contributed by atoms with Crippen molar-refractivity contribution >= 4 is 11.8 Å². The molecule has 18 heavy (non-hydrogen) atoms. The Labute approximate surface area is 105 Å². The average molecular weight is 248 g/mol. The third-order valence-electron chi connectivity index (χ3n) is 3.78. The van der Waals surface area contributed by atoms with E-state index in [9.17, 15) is 9.90 Å². The van der Waals surface area contributed by atoms with E-state index < -0.39 is 0 Å². The standard InChI is InChI=1S/C13H16N2O3/c16-11-4-2-1-3-10(11)15-12(17)18-9-13(15)5-7-14-8-6-13/h1-4,14,16H,5-9H2. The van der Waals surface area contributed by atoms with Gasteiger partial charge in [-0.15, -0.1) is 0 Å². The van der Waals surface area contributed by atoms with E-state index >= 15 is 0 Å². The summed E-state index contributed by atoms with van der Waals surface area (Å²) in [7, 11) is 0. The second kappa shape index (κ2) is 4.17. The summed E-state index contributed by atoms with van der Waals surface area (Å²) in [6, 6.07) is 6.91. The SMILES string of the molecule is O=C1OCC2(CCNCC2)N1c1ccccc1O. The van der Waals surface area contributed by atoms with Crippen LogP contribution in [0.25, 0.3) is 0 Å². The van der Waals surface area contributed by atoms with E-state index in [2.05, 4.69) is 5.32 Å². The summed E-state index contributed by atoms with van der Waals surface area (Å²) >= 11 is 0. The van der Waals surface area contributed by atoms with Crippen molar-refractivity contribution in [3.63, 3.8) is 0 Å². The van der Waals surface area contributed by atoms with Crippen LogP contribution in [0, 0.1) is 0 Å². The normalized spacial score (nSPS) is 22.2. The number of piperidine rings is 1. The number of nitrogens with one attached hydrogen (secondary N) is 1. The van der Waals surface area contributed by atoms with Gasteiger partial charge < -0.3 is 15.2 Å². The van der Waals surface area contributed by atoms with Gasteiger partial charge in [0.15, 0.2) is 0 Å². The lowest BCUT2D eigenvalue weighted by molar-refractivity contribution is 0.167. The fraction of sp³-hybridized carbons (Fsp3) is 0.462. The van der Waals surface area contributed by atoms with E-state index in [1.165, 1.54) is 0 Å². The second-order valence-electron chi connectivity index (χ2n) is 4.85. The number of hydrogen-bond donors (Lipinski definition) is 2. The molecule has 1 amide bonds. The molecule has 5 nitrogen and oxygen atoms in total. The van der Waals surface area contributed by atoms with Gasteiger partial charge in [-0.2, -0.15) is 0 Å². The third-order valence-corrected chi connectivity index (χ3v) is 3.78. The van der Waals surface area contributed by atoms with E-state index in [4.69, 9.17) is 4.74 Å². The van der Waals surface area contributed by atoms with Gasteiger partial charge >= 0.3 is 6.09 Å². The molecule has 5 heteroatoms. The number of rotatable bonds is 1. The van der Waals surface area contributed by atoms with E-state index in [0.29, 0.717) is 12.3 Å². The van der Waals surface area contributed by atoms with Crippen molar-refractivity contribution in [1.82, 2.24) is 5.32 Å². The van der Waals surface area contributed by atoms with Crippen LogP contribution in [0.1, 0.15) is 12.8 Å². The number of carbonyl (C=O) groups excluding carboxylic acids is 1. The highest BCUT2D eigenvalue weighted by Gasteiger charge is 2.49. The van der Waals surface area contributed by atoms with Crippen LogP contribution in [0.2, 0.25) is 0 Å². The minimum absolute atomic E-state index is 0.120.